The van der Waals surface area contributed by atoms with Gasteiger partial charge in [0.05, 0.1) is 19.1 Å². The largest absolute Gasteiger partial charge is 0.497 e. The Hall–Kier alpha value is -3.80. The fraction of sp³-hybridized carbons (Fsp3) is 0.286. The van der Waals surface area contributed by atoms with Gasteiger partial charge in [0, 0.05) is 24.8 Å². The molecule has 3 aromatic carbocycles. The van der Waals surface area contributed by atoms with Crippen LogP contribution in [0.2, 0.25) is 0 Å². The number of carbonyl (C=O) groups is 2. The van der Waals surface area contributed by atoms with Crippen molar-refractivity contribution in [3.63, 3.8) is 0 Å². The molecule has 3 amide bonds. The van der Waals surface area contributed by atoms with Gasteiger partial charge in [0.15, 0.2) is 0 Å². The van der Waals surface area contributed by atoms with Gasteiger partial charge in [0.25, 0.3) is 0 Å². The van der Waals surface area contributed by atoms with E-state index in [-0.39, 0.29) is 23.9 Å². The first kappa shape index (κ1) is 23.4. The summed E-state index contributed by atoms with van der Waals surface area (Å²) in [7, 11) is 1.60. The molecule has 6 heteroatoms. The lowest BCUT2D eigenvalue weighted by Crippen LogP contribution is -2.49. The van der Waals surface area contributed by atoms with E-state index in [1.54, 1.807) is 13.2 Å². The van der Waals surface area contributed by atoms with Crippen molar-refractivity contribution in [2.75, 3.05) is 19.0 Å². The summed E-state index contributed by atoms with van der Waals surface area (Å²) in [4.78, 5) is 28.2. The fourth-order valence-electron chi connectivity index (χ4n) is 4.45. The number of carbonyl (C=O) groups excluding carboxylic acids is 2. The van der Waals surface area contributed by atoms with Gasteiger partial charge in [-0.2, -0.15) is 0 Å². The zero-order chi connectivity index (χ0) is 23.9. The maximum absolute atomic E-state index is 13.3. The third kappa shape index (κ3) is 5.76. The van der Waals surface area contributed by atoms with Gasteiger partial charge in [-0.25, -0.2) is 4.79 Å². The Morgan fingerprint density at radius 3 is 2.53 bits per heavy atom. The zero-order valence-electron chi connectivity index (χ0n) is 19.7. The van der Waals surface area contributed by atoms with Crippen molar-refractivity contribution in [3.8, 4) is 5.75 Å². The first-order valence-electron chi connectivity index (χ1n) is 11.6. The molecule has 2 atom stereocenters. The second-order valence-electron chi connectivity index (χ2n) is 8.72. The number of amides is 3. The van der Waals surface area contributed by atoms with Gasteiger partial charge in [0.2, 0.25) is 5.91 Å². The van der Waals surface area contributed by atoms with Crippen molar-refractivity contribution in [2.45, 2.75) is 32.4 Å². The van der Waals surface area contributed by atoms with E-state index < -0.39 is 0 Å². The Bertz CT molecular complexity index is 1130. The summed E-state index contributed by atoms with van der Waals surface area (Å²) in [6, 6.07) is 25.2. The minimum atomic E-state index is -0.297. The van der Waals surface area contributed by atoms with Crippen LogP contribution in [0.25, 0.3) is 0 Å². The number of aryl methyl sites for hydroxylation is 1. The van der Waals surface area contributed by atoms with Crippen LogP contribution < -0.4 is 15.4 Å². The van der Waals surface area contributed by atoms with Crippen LogP contribution in [0.5, 0.6) is 5.75 Å². The van der Waals surface area contributed by atoms with E-state index in [9.17, 15) is 9.59 Å². The molecule has 1 saturated heterocycles. The lowest BCUT2D eigenvalue weighted by atomic mass is 9.88. The first-order chi connectivity index (χ1) is 16.5. The predicted octanol–water partition coefficient (Wildman–Crippen LogP) is 5.31. The lowest BCUT2D eigenvalue weighted by molar-refractivity contribution is -0.121. The van der Waals surface area contributed by atoms with Crippen LogP contribution in [0.4, 0.5) is 10.5 Å². The highest BCUT2D eigenvalue weighted by atomic mass is 16.5. The summed E-state index contributed by atoms with van der Waals surface area (Å²) >= 11 is 0. The molecule has 0 radical (unpaired) electrons. The Balaban J connectivity index is 1.50. The molecule has 4 rings (SSSR count). The van der Waals surface area contributed by atoms with E-state index in [2.05, 4.69) is 35.8 Å². The van der Waals surface area contributed by atoms with Crippen molar-refractivity contribution < 1.29 is 14.3 Å². The molecular weight excluding hydrogens is 426 g/mol. The highest BCUT2D eigenvalue weighted by molar-refractivity contribution is 5.93. The molecule has 1 aliphatic heterocycles. The summed E-state index contributed by atoms with van der Waals surface area (Å²) in [5, 5.41) is 6.04. The minimum absolute atomic E-state index is 0.0726. The summed E-state index contributed by atoms with van der Waals surface area (Å²) < 4.78 is 5.25. The Morgan fingerprint density at radius 2 is 1.76 bits per heavy atom. The van der Waals surface area contributed by atoms with E-state index in [1.165, 1.54) is 0 Å². The SMILES string of the molecule is COc1cccc(NC(=O)C2CCC(c3cccc(C)c3)N(C(=O)NCc3ccccc3)C2)c1. The summed E-state index contributed by atoms with van der Waals surface area (Å²) in [5.41, 5.74) is 3.97. The van der Waals surface area contributed by atoms with Gasteiger partial charge in [-0.05, 0) is 43.0 Å². The van der Waals surface area contributed by atoms with Crippen LogP contribution >= 0.6 is 0 Å². The van der Waals surface area contributed by atoms with E-state index in [0.29, 0.717) is 30.9 Å². The fourth-order valence-corrected chi connectivity index (χ4v) is 4.45. The number of ether oxygens (including phenoxy) is 1. The smallest absolute Gasteiger partial charge is 0.318 e. The molecule has 1 heterocycles. The monoisotopic (exact) mass is 457 g/mol. The summed E-state index contributed by atoms with van der Waals surface area (Å²) in [6.45, 7) is 2.85. The molecule has 0 aliphatic carbocycles. The van der Waals surface area contributed by atoms with Gasteiger partial charge >= 0.3 is 6.03 Å². The number of rotatable bonds is 6. The molecule has 3 aromatic rings. The number of nitrogens with zero attached hydrogens (tertiary/aromatic N) is 1. The lowest BCUT2D eigenvalue weighted by Gasteiger charge is -2.39. The average Bonchev–Trinajstić information content (AvgIpc) is 2.87. The van der Waals surface area contributed by atoms with Crippen LogP contribution in [0, 0.1) is 12.8 Å². The zero-order valence-corrected chi connectivity index (χ0v) is 19.7. The van der Waals surface area contributed by atoms with E-state index in [1.807, 2.05) is 59.5 Å². The van der Waals surface area contributed by atoms with Gasteiger partial charge in [0.1, 0.15) is 5.75 Å². The van der Waals surface area contributed by atoms with Crippen molar-refractivity contribution in [1.29, 1.82) is 0 Å². The highest BCUT2D eigenvalue weighted by Crippen LogP contribution is 2.34. The molecule has 0 saturated carbocycles. The molecule has 176 valence electrons. The highest BCUT2D eigenvalue weighted by Gasteiger charge is 2.35. The number of urea groups is 1. The number of hydrogen-bond acceptors (Lipinski definition) is 3. The van der Waals surface area contributed by atoms with E-state index >= 15 is 0 Å². The minimum Gasteiger partial charge on any atom is -0.497 e. The van der Waals surface area contributed by atoms with Crippen LogP contribution in [0.3, 0.4) is 0 Å². The van der Waals surface area contributed by atoms with Gasteiger partial charge in [-0.15, -0.1) is 0 Å². The second kappa shape index (κ2) is 10.9. The van der Waals surface area contributed by atoms with Crippen molar-refractivity contribution >= 4 is 17.6 Å². The second-order valence-corrected chi connectivity index (χ2v) is 8.72. The number of methoxy groups -OCH3 is 1. The maximum atomic E-state index is 13.3. The predicted molar refractivity (Wildman–Crippen MR) is 134 cm³/mol. The summed E-state index contributed by atoms with van der Waals surface area (Å²) in [5.74, 6) is 0.300. The third-order valence-corrected chi connectivity index (χ3v) is 6.26. The Kier molecular flexibility index (Phi) is 7.48. The first-order valence-corrected chi connectivity index (χ1v) is 11.6. The van der Waals surface area contributed by atoms with Crippen molar-refractivity contribution in [3.05, 3.63) is 95.6 Å². The van der Waals surface area contributed by atoms with E-state index in [0.717, 1.165) is 23.1 Å². The quantitative estimate of drug-likeness (QED) is 0.527. The topological polar surface area (TPSA) is 70.7 Å². The average molecular weight is 458 g/mol. The number of likely N-dealkylation sites (tertiary alicyclic amines) is 1. The number of anilines is 1. The number of piperidine rings is 1. The molecule has 0 aromatic heterocycles. The van der Waals surface area contributed by atoms with Gasteiger partial charge in [-0.1, -0.05) is 66.2 Å². The molecule has 0 spiro atoms. The standard InChI is InChI=1S/C28H31N3O3/c1-20-8-6-11-22(16-20)26-15-14-23(27(32)30-24-12-7-13-25(17-24)34-2)19-31(26)28(33)29-18-21-9-4-3-5-10-21/h3-13,16-17,23,26H,14-15,18-19H2,1-2H3,(H,29,33)(H,30,32). The van der Waals surface area contributed by atoms with Crippen LogP contribution in [-0.4, -0.2) is 30.5 Å². The van der Waals surface area contributed by atoms with Crippen molar-refractivity contribution in [1.82, 2.24) is 10.2 Å². The molecule has 2 N–H and O–H groups in total. The van der Waals surface area contributed by atoms with Crippen LogP contribution in [-0.2, 0) is 11.3 Å². The Morgan fingerprint density at radius 1 is 0.971 bits per heavy atom. The molecule has 6 nitrogen and oxygen atoms in total. The van der Waals surface area contributed by atoms with Crippen molar-refractivity contribution in [2.24, 2.45) is 5.92 Å². The van der Waals surface area contributed by atoms with Gasteiger partial charge in [-0.3, -0.25) is 4.79 Å². The normalized spacial score (nSPS) is 17.6. The Labute approximate surface area is 200 Å². The van der Waals surface area contributed by atoms with Crippen LogP contribution in [0.1, 0.15) is 35.6 Å². The summed E-state index contributed by atoms with van der Waals surface area (Å²) in [6.07, 6.45) is 1.43. The third-order valence-electron chi connectivity index (χ3n) is 6.26. The number of nitrogens with one attached hydrogen (secondary N) is 2. The van der Waals surface area contributed by atoms with Gasteiger partial charge < -0.3 is 20.3 Å². The maximum Gasteiger partial charge on any atom is 0.318 e. The molecular formula is C28H31N3O3. The molecule has 2 unspecified atom stereocenters. The molecule has 0 bridgehead atoms. The van der Waals surface area contributed by atoms with E-state index in [4.69, 9.17) is 4.74 Å². The molecule has 1 fully saturated rings. The number of benzene rings is 3. The molecule has 1 aliphatic rings. The molecule has 34 heavy (non-hydrogen) atoms. The number of hydrogen-bond donors (Lipinski definition) is 2. The van der Waals surface area contributed by atoms with Crippen LogP contribution in [0.15, 0.2) is 78.9 Å².